The van der Waals surface area contributed by atoms with Crippen LogP contribution in [0.2, 0.25) is 0 Å². The topological polar surface area (TPSA) is 29.1 Å². The molecule has 22 heavy (non-hydrogen) atoms. The van der Waals surface area contributed by atoms with Crippen LogP contribution in [0.3, 0.4) is 0 Å². The molecular weight excluding hydrogens is 365 g/mol. The fraction of sp³-hybridized carbons (Fsp3) is 0.235. The number of aryl methyl sites for hydroxylation is 2. The van der Waals surface area contributed by atoms with Gasteiger partial charge in [-0.2, -0.15) is 0 Å². The summed E-state index contributed by atoms with van der Waals surface area (Å²) < 4.78 is 13.8. The van der Waals surface area contributed by atoms with Gasteiger partial charge in [-0.05, 0) is 71.2 Å². The molecule has 2 aromatic carbocycles. The number of halogens is 2. The zero-order valence-electron chi connectivity index (χ0n) is 12.5. The Hall–Kier alpha value is -1.33. The number of hydrogen-bond donors (Lipinski definition) is 1. The summed E-state index contributed by atoms with van der Waals surface area (Å²) in [6.07, 6.45) is 0. The molecule has 0 aromatic heterocycles. The van der Waals surface area contributed by atoms with Gasteiger partial charge >= 0.3 is 0 Å². The number of rotatable bonds is 5. The number of nitrogens with one attached hydrogen (secondary N) is 1. The molecule has 2 rings (SSSR count). The fourth-order valence-corrected chi connectivity index (χ4v) is 3.19. The Bertz CT molecular complexity index is 690. The minimum atomic E-state index is -0.419. The van der Waals surface area contributed by atoms with E-state index in [0.717, 1.165) is 5.75 Å². The van der Waals surface area contributed by atoms with Crippen LogP contribution in [0, 0.1) is 19.7 Å². The fourth-order valence-electron chi connectivity index (χ4n) is 1.90. The Kier molecular flexibility index (Phi) is 6.03. The Morgan fingerprint density at radius 1 is 1.18 bits per heavy atom. The molecule has 0 saturated carbocycles. The lowest BCUT2D eigenvalue weighted by atomic mass is 10.1. The molecule has 0 aliphatic carbocycles. The average Bonchev–Trinajstić information content (AvgIpc) is 2.49. The quantitative estimate of drug-likeness (QED) is 0.599. The van der Waals surface area contributed by atoms with E-state index in [4.69, 9.17) is 0 Å². The summed E-state index contributed by atoms with van der Waals surface area (Å²) >= 11 is 4.95. The van der Waals surface area contributed by atoms with Crippen LogP contribution in [-0.4, -0.2) is 18.2 Å². The molecule has 0 spiro atoms. The number of thioether (sulfide) groups is 1. The molecule has 1 N–H and O–H groups in total. The van der Waals surface area contributed by atoms with E-state index < -0.39 is 5.82 Å². The number of carbonyl (C=O) groups is 1. The molecule has 0 aliphatic heterocycles. The molecule has 0 atom stereocenters. The SMILES string of the molecule is Cc1ccc(SCCNC(=O)c2cc(F)ccc2Br)cc1C. The Morgan fingerprint density at radius 2 is 1.95 bits per heavy atom. The second kappa shape index (κ2) is 7.79. The maximum atomic E-state index is 13.2. The van der Waals surface area contributed by atoms with Crippen LogP contribution in [0.15, 0.2) is 45.8 Å². The van der Waals surface area contributed by atoms with Crippen LogP contribution >= 0.6 is 27.7 Å². The van der Waals surface area contributed by atoms with Crippen molar-refractivity contribution in [3.05, 3.63) is 63.4 Å². The van der Waals surface area contributed by atoms with Gasteiger partial charge in [0, 0.05) is 21.7 Å². The average molecular weight is 382 g/mol. The smallest absolute Gasteiger partial charge is 0.252 e. The van der Waals surface area contributed by atoms with Gasteiger partial charge < -0.3 is 5.32 Å². The van der Waals surface area contributed by atoms with Crippen molar-refractivity contribution in [2.24, 2.45) is 0 Å². The number of amides is 1. The summed E-state index contributed by atoms with van der Waals surface area (Å²) in [6.45, 7) is 4.70. The van der Waals surface area contributed by atoms with Gasteiger partial charge in [-0.15, -0.1) is 11.8 Å². The Morgan fingerprint density at radius 3 is 2.68 bits per heavy atom. The second-order valence-electron chi connectivity index (χ2n) is 4.97. The van der Waals surface area contributed by atoms with Gasteiger partial charge in [0.25, 0.3) is 5.91 Å². The summed E-state index contributed by atoms with van der Waals surface area (Å²) in [5.74, 6) is 0.0752. The highest BCUT2D eigenvalue weighted by Gasteiger charge is 2.10. The molecule has 0 unspecified atom stereocenters. The van der Waals surface area contributed by atoms with Crippen molar-refractivity contribution in [1.82, 2.24) is 5.32 Å². The van der Waals surface area contributed by atoms with E-state index in [1.807, 2.05) is 0 Å². The van der Waals surface area contributed by atoms with Gasteiger partial charge in [-0.1, -0.05) is 6.07 Å². The molecule has 0 bridgehead atoms. The largest absolute Gasteiger partial charge is 0.351 e. The highest BCUT2D eigenvalue weighted by molar-refractivity contribution is 9.10. The summed E-state index contributed by atoms with van der Waals surface area (Å²) in [4.78, 5) is 13.2. The zero-order chi connectivity index (χ0) is 16.1. The van der Waals surface area contributed by atoms with Crippen LogP contribution in [0.1, 0.15) is 21.5 Å². The second-order valence-corrected chi connectivity index (χ2v) is 7.00. The van der Waals surface area contributed by atoms with Crippen molar-refractivity contribution < 1.29 is 9.18 Å². The minimum absolute atomic E-state index is 0.271. The maximum absolute atomic E-state index is 13.2. The molecule has 2 nitrogen and oxygen atoms in total. The summed E-state index contributed by atoms with van der Waals surface area (Å²) in [5.41, 5.74) is 2.85. The van der Waals surface area contributed by atoms with E-state index in [1.54, 1.807) is 11.8 Å². The number of carbonyl (C=O) groups excluding carboxylic acids is 1. The van der Waals surface area contributed by atoms with Crippen molar-refractivity contribution in [2.45, 2.75) is 18.7 Å². The summed E-state index contributed by atoms with van der Waals surface area (Å²) in [5, 5.41) is 2.81. The van der Waals surface area contributed by atoms with E-state index in [0.29, 0.717) is 16.6 Å². The molecule has 0 fully saturated rings. The third-order valence-corrected chi connectivity index (χ3v) is 4.99. The van der Waals surface area contributed by atoms with Gasteiger partial charge in [0.2, 0.25) is 0 Å². The van der Waals surface area contributed by atoms with E-state index in [9.17, 15) is 9.18 Å². The van der Waals surface area contributed by atoms with Crippen LogP contribution < -0.4 is 5.32 Å². The van der Waals surface area contributed by atoms with Crippen LogP contribution in [0.25, 0.3) is 0 Å². The van der Waals surface area contributed by atoms with Gasteiger partial charge in [0.15, 0.2) is 0 Å². The molecule has 2 aromatic rings. The Balaban J connectivity index is 1.84. The van der Waals surface area contributed by atoms with Gasteiger partial charge in [0.05, 0.1) is 5.56 Å². The third-order valence-electron chi connectivity index (χ3n) is 3.31. The molecule has 0 saturated heterocycles. The lowest BCUT2D eigenvalue weighted by Crippen LogP contribution is -2.26. The summed E-state index contributed by atoms with van der Waals surface area (Å²) in [6, 6.07) is 10.4. The highest BCUT2D eigenvalue weighted by atomic mass is 79.9. The van der Waals surface area contributed by atoms with Crippen LogP contribution in [0.4, 0.5) is 4.39 Å². The van der Waals surface area contributed by atoms with Crippen molar-refractivity contribution in [3.8, 4) is 0 Å². The predicted octanol–water partition coefficient (Wildman–Crippen LogP) is 4.73. The van der Waals surface area contributed by atoms with Crippen molar-refractivity contribution in [3.63, 3.8) is 0 Å². The first-order chi connectivity index (χ1) is 10.5. The summed E-state index contributed by atoms with van der Waals surface area (Å²) in [7, 11) is 0. The number of hydrogen-bond acceptors (Lipinski definition) is 2. The molecule has 1 amide bonds. The van der Waals surface area contributed by atoms with Gasteiger partial charge in [0.1, 0.15) is 5.82 Å². The predicted molar refractivity (Wildman–Crippen MR) is 93.1 cm³/mol. The number of benzene rings is 2. The van der Waals surface area contributed by atoms with E-state index in [-0.39, 0.29) is 5.91 Å². The zero-order valence-corrected chi connectivity index (χ0v) is 14.9. The van der Waals surface area contributed by atoms with E-state index >= 15 is 0 Å². The normalized spacial score (nSPS) is 10.5. The molecule has 0 aliphatic rings. The first-order valence-electron chi connectivity index (χ1n) is 6.90. The van der Waals surface area contributed by atoms with Crippen LogP contribution in [-0.2, 0) is 0 Å². The first kappa shape index (κ1) is 17.0. The molecule has 0 heterocycles. The molecule has 0 radical (unpaired) electrons. The van der Waals surface area contributed by atoms with E-state index in [1.165, 1.54) is 34.2 Å². The highest BCUT2D eigenvalue weighted by Crippen LogP contribution is 2.21. The minimum Gasteiger partial charge on any atom is -0.351 e. The molecule has 116 valence electrons. The van der Waals surface area contributed by atoms with Crippen molar-refractivity contribution in [1.29, 1.82) is 0 Å². The lowest BCUT2D eigenvalue weighted by Gasteiger charge is -2.08. The first-order valence-corrected chi connectivity index (χ1v) is 8.68. The lowest BCUT2D eigenvalue weighted by molar-refractivity contribution is 0.0955. The van der Waals surface area contributed by atoms with Crippen molar-refractivity contribution >= 4 is 33.6 Å². The maximum Gasteiger partial charge on any atom is 0.252 e. The standard InChI is InChI=1S/C17H17BrFNOS/c1-11-3-5-14(9-12(11)2)22-8-7-20-17(21)15-10-13(19)4-6-16(15)18/h3-6,9-10H,7-8H2,1-2H3,(H,20,21). The Labute approximate surface area is 142 Å². The molecular formula is C17H17BrFNOS. The van der Waals surface area contributed by atoms with Gasteiger partial charge in [-0.25, -0.2) is 4.39 Å². The monoisotopic (exact) mass is 381 g/mol. The van der Waals surface area contributed by atoms with Crippen molar-refractivity contribution in [2.75, 3.05) is 12.3 Å². The van der Waals surface area contributed by atoms with Gasteiger partial charge in [-0.3, -0.25) is 4.79 Å². The van der Waals surface area contributed by atoms with Crippen LogP contribution in [0.5, 0.6) is 0 Å². The van der Waals surface area contributed by atoms with E-state index in [2.05, 4.69) is 53.3 Å². The third kappa shape index (κ3) is 4.58. The molecule has 5 heteroatoms.